The van der Waals surface area contributed by atoms with E-state index >= 15 is 0 Å². The molecular formula is C26H28O. The lowest BCUT2D eigenvalue weighted by Crippen LogP contribution is -2.14. The van der Waals surface area contributed by atoms with Crippen LogP contribution in [0.1, 0.15) is 54.5 Å². The lowest BCUT2D eigenvalue weighted by Gasteiger charge is -2.27. The third kappa shape index (κ3) is 3.98. The quantitative estimate of drug-likeness (QED) is 0.456. The van der Waals surface area contributed by atoms with Crippen molar-refractivity contribution in [3.63, 3.8) is 0 Å². The number of ether oxygens (including phenoxy) is 1. The van der Waals surface area contributed by atoms with E-state index in [9.17, 15) is 0 Å². The lowest BCUT2D eigenvalue weighted by atomic mass is 9.79. The average Bonchev–Trinajstić information content (AvgIpc) is 2.68. The fourth-order valence-electron chi connectivity index (χ4n) is 3.55. The van der Waals surface area contributed by atoms with Gasteiger partial charge in [-0.1, -0.05) is 100 Å². The van der Waals surface area contributed by atoms with Crippen molar-refractivity contribution in [2.24, 2.45) is 0 Å². The maximum Gasteiger partial charge on any atom is 0.130 e. The van der Waals surface area contributed by atoms with Crippen LogP contribution in [0.5, 0.6) is 5.75 Å². The van der Waals surface area contributed by atoms with Crippen LogP contribution < -0.4 is 4.74 Å². The van der Waals surface area contributed by atoms with Gasteiger partial charge in [-0.15, -0.1) is 0 Å². The summed E-state index contributed by atoms with van der Waals surface area (Å²) in [5, 5.41) is 0. The topological polar surface area (TPSA) is 9.23 Å². The highest BCUT2D eigenvalue weighted by Gasteiger charge is 2.25. The molecule has 0 amide bonds. The first-order chi connectivity index (χ1) is 13.0. The first-order valence-corrected chi connectivity index (χ1v) is 9.40. The Balaban J connectivity index is 2.33. The number of hydrogen-bond acceptors (Lipinski definition) is 1. The van der Waals surface area contributed by atoms with E-state index in [0.29, 0.717) is 0 Å². The summed E-state index contributed by atoms with van der Waals surface area (Å²) in [7, 11) is 1.75. The minimum Gasteiger partial charge on any atom is -0.496 e. The smallest absolute Gasteiger partial charge is 0.130 e. The summed E-state index contributed by atoms with van der Waals surface area (Å²) < 4.78 is 5.89. The highest BCUT2D eigenvalue weighted by atomic mass is 16.5. The molecule has 0 aliphatic rings. The zero-order valence-electron chi connectivity index (χ0n) is 16.7. The predicted octanol–water partition coefficient (Wildman–Crippen LogP) is 6.82. The zero-order valence-corrected chi connectivity index (χ0v) is 16.7. The maximum atomic E-state index is 5.89. The highest BCUT2D eigenvalue weighted by molar-refractivity contribution is 5.64. The van der Waals surface area contributed by atoms with Gasteiger partial charge in [-0.25, -0.2) is 0 Å². The number of methoxy groups -OCH3 is 1. The van der Waals surface area contributed by atoms with Crippen LogP contribution in [-0.4, -0.2) is 7.11 Å². The van der Waals surface area contributed by atoms with Gasteiger partial charge >= 0.3 is 0 Å². The molecule has 0 unspecified atom stereocenters. The van der Waals surface area contributed by atoms with Crippen molar-refractivity contribution in [1.82, 2.24) is 0 Å². The van der Waals surface area contributed by atoms with Gasteiger partial charge in [0, 0.05) is 17.0 Å². The van der Waals surface area contributed by atoms with Gasteiger partial charge in [0.1, 0.15) is 5.75 Å². The molecule has 0 saturated carbocycles. The Kier molecular flexibility index (Phi) is 5.51. The third-order valence-electron chi connectivity index (χ3n) is 5.01. The third-order valence-corrected chi connectivity index (χ3v) is 5.01. The van der Waals surface area contributed by atoms with Crippen LogP contribution >= 0.6 is 0 Å². The summed E-state index contributed by atoms with van der Waals surface area (Å²) in [6.07, 6.45) is 1.89. The molecule has 0 atom stereocenters. The molecule has 1 nitrogen and oxygen atoms in total. The Labute approximate surface area is 163 Å². The molecule has 0 bridgehead atoms. The molecule has 3 aromatic rings. The fraction of sp³-hybridized carbons (Fsp3) is 0.231. The zero-order chi connectivity index (χ0) is 19.4. The molecule has 0 N–H and O–H groups in total. The van der Waals surface area contributed by atoms with Gasteiger partial charge in [-0.05, 0) is 28.2 Å². The molecule has 0 heterocycles. The van der Waals surface area contributed by atoms with E-state index in [1.165, 1.54) is 22.3 Å². The van der Waals surface area contributed by atoms with Crippen LogP contribution in [0.2, 0.25) is 0 Å². The molecule has 27 heavy (non-hydrogen) atoms. The first kappa shape index (κ1) is 19.0. The Morgan fingerprint density at radius 2 is 1.37 bits per heavy atom. The van der Waals surface area contributed by atoms with Gasteiger partial charge in [0.25, 0.3) is 0 Å². The fourth-order valence-corrected chi connectivity index (χ4v) is 3.55. The molecule has 0 radical (unpaired) electrons. The van der Waals surface area contributed by atoms with Gasteiger partial charge in [0.05, 0.1) is 7.11 Å². The van der Waals surface area contributed by atoms with Gasteiger partial charge in [0.15, 0.2) is 0 Å². The van der Waals surface area contributed by atoms with Gasteiger partial charge in [-0.3, -0.25) is 0 Å². The normalized spacial score (nSPS) is 11.4. The van der Waals surface area contributed by atoms with E-state index in [1.807, 2.05) is 6.08 Å². The van der Waals surface area contributed by atoms with E-state index in [4.69, 9.17) is 4.74 Å². The standard InChI is InChI=1S/C26H28O/c1-6-19-17-22(26(2,3)4)18-23(25(19)27-5)24(20-13-9-7-10-14-20)21-15-11-8-12-16-21/h6-18,24H,1H2,2-5H3. The maximum absolute atomic E-state index is 5.89. The SMILES string of the molecule is C=Cc1cc(C(C)(C)C)cc(C(c2ccccc2)c2ccccc2)c1OC. The summed E-state index contributed by atoms with van der Waals surface area (Å²) in [5.74, 6) is 0.999. The molecule has 0 spiro atoms. The molecule has 0 aliphatic carbocycles. The summed E-state index contributed by atoms with van der Waals surface area (Å²) in [6, 6.07) is 25.8. The van der Waals surface area contributed by atoms with Crippen molar-refractivity contribution >= 4 is 6.08 Å². The highest BCUT2D eigenvalue weighted by Crippen LogP contribution is 2.41. The van der Waals surface area contributed by atoms with E-state index in [0.717, 1.165) is 11.3 Å². The van der Waals surface area contributed by atoms with Crippen molar-refractivity contribution in [2.75, 3.05) is 7.11 Å². The second-order valence-corrected chi connectivity index (χ2v) is 7.90. The molecular weight excluding hydrogens is 328 g/mol. The summed E-state index contributed by atoms with van der Waals surface area (Å²) in [5.41, 5.74) is 6.04. The summed E-state index contributed by atoms with van der Waals surface area (Å²) in [4.78, 5) is 0. The van der Waals surface area contributed by atoms with Crippen molar-refractivity contribution in [3.05, 3.63) is 107 Å². The predicted molar refractivity (Wildman–Crippen MR) is 116 cm³/mol. The van der Waals surface area contributed by atoms with Crippen LogP contribution in [0, 0.1) is 0 Å². The van der Waals surface area contributed by atoms with Crippen LogP contribution in [0.4, 0.5) is 0 Å². The Morgan fingerprint density at radius 1 is 0.852 bits per heavy atom. The number of benzene rings is 3. The average molecular weight is 357 g/mol. The molecule has 3 rings (SSSR count). The van der Waals surface area contributed by atoms with Crippen molar-refractivity contribution in [2.45, 2.75) is 32.1 Å². The number of hydrogen-bond donors (Lipinski definition) is 0. The molecule has 0 aromatic heterocycles. The van der Waals surface area contributed by atoms with Crippen LogP contribution in [-0.2, 0) is 5.41 Å². The van der Waals surface area contributed by atoms with E-state index in [1.54, 1.807) is 7.11 Å². The molecule has 0 fully saturated rings. The summed E-state index contributed by atoms with van der Waals surface area (Å²) >= 11 is 0. The Hall–Kier alpha value is -2.80. The largest absolute Gasteiger partial charge is 0.496 e. The molecule has 3 aromatic carbocycles. The van der Waals surface area contributed by atoms with Crippen molar-refractivity contribution in [1.29, 1.82) is 0 Å². The molecule has 0 saturated heterocycles. The van der Waals surface area contributed by atoms with Crippen LogP contribution in [0.25, 0.3) is 6.08 Å². The van der Waals surface area contributed by atoms with Crippen LogP contribution in [0.15, 0.2) is 79.4 Å². The van der Waals surface area contributed by atoms with Gasteiger partial charge < -0.3 is 4.74 Å². The van der Waals surface area contributed by atoms with Crippen molar-refractivity contribution in [3.8, 4) is 5.75 Å². The summed E-state index contributed by atoms with van der Waals surface area (Å²) in [6.45, 7) is 10.8. The lowest BCUT2D eigenvalue weighted by molar-refractivity contribution is 0.407. The second kappa shape index (κ2) is 7.84. The molecule has 0 aliphatic heterocycles. The van der Waals surface area contributed by atoms with Gasteiger partial charge in [-0.2, -0.15) is 0 Å². The Morgan fingerprint density at radius 3 is 1.78 bits per heavy atom. The molecule has 1 heteroatoms. The van der Waals surface area contributed by atoms with Crippen LogP contribution in [0.3, 0.4) is 0 Å². The second-order valence-electron chi connectivity index (χ2n) is 7.90. The van der Waals surface area contributed by atoms with Crippen molar-refractivity contribution < 1.29 is 4.74 Å². The van der Waals surface area contributed by atoms with E-state index < -0.39 is 0 Å². The van der Waals surface area contributed by atoms with E-state index in [2.05, 4.69) is 100 Å². The minimum atomic E-state index is 0.0384. The van der Waals surface area contributed by atoms with Gasteiger partial charge in [0.2, 0.25) is 0 Å². The van der Waals surface area contributed by atoms with E-state index in [-0.39, 0.29) is 11.3 Å². The monoisotopic (exact) mass is 356 g/mol. The minimum absolute atomic E-state index is 0.0384. The molecule has 138 valence electrons. The first-order valence-electron chi connectivity index (χ1n) is 9.40. The Bertz CT molecular complexity index is 863. The number of rotatable bonds is 5.